The molecule has 1 aromatic rings. The van der Waals surface area contributed by atoms with Gasteiger partial charge in [0.25, 0.3) is 0 Å². The third kappa shape index (κ3) is 1.57. The molecule has 0 aromatic heterocycles. The second kappa shape index (κ2) is 3.57. The molecule has 2 atom stereocenters. The van der Waals surface area contributed by atoms with E-state index in [4.69, 9.17) is 9.47 Å². The van der Waals surface area contributed by atoms with E-state index in [0.29, 0.717) is 0 Å². The van der Waals surface area contributed by atoms with Gasteiger partial charge in [-0.25, -0.2) is 4.79 Å². The van der Waals surface area contributed by atoms with Crippen molar-refractivity contribution in [1.29, 1.82) is 0 Å². The van der Waals surface area contributed by atoms with Crippen LogP contribution in [-0.2, 0) is 19.9 Å². The lowest BCUT2D eigenvalue weighted by Crippen LogP contribution is -2.29. The molecule has 0 radical (unpaired) electrons. The molecule has 92 valence electrons. The van der Waals surface area contributed by atoms with Gasteiger partial charge >= 0.3 is 5.97 Å². The Bertz CT molecular complexity index is 480. The molecule has 0 bridgehead atoms. The first-order chi connectivity index (χ1) is 7.85. The molecule has 17 heavy (non-hydrogen) atoms. The van der Waals surface area contributed by atoms with Crippen molar-refractivity contribution in [2.24, 2.45) is 0 Å². The number of methoxy groups -OCH3 is 1. The first-order valence-electron chi connectivity index (χ1n) is 5.71. The summed E-state index contributed by atoms with van der Waals surface area (Å²) < 4.78 is 10.5. The van der Waals surface area contributed by atoms with Crippen molar-refractivity contribution >= 4 is 5.97 Å². The number of ether oxygens (including phenoxy) is 2. The van der Waals surface area contributed by atoms with Gasteiger partial charge in [-0.3, -0.25) is 0 Å². The largest absolute Gasteiger partial charge is 0.467 e. The summed E-state index contributed by atoms with van der Waals surface area (Å²) in [4.78, 5) is 11.7. The average molecular weight is 234 g/mol. The van der Waals surface area contributed by atoms with E-state index in [-0.39, 0.29) is 5.97 Å². The molecule has 1 aromatic carbocycles. The number of aryl methyl sites for hydroxylation is 2. The van der Waals surface area contributed by atoms with E-state index in [0.717, 1.165) is 11.1 Å². The summed E-state index contributed by atoms with van der Waals surface area (Å²) >= 11 is 0. The number of carbonyl (C=O) groups is 1. The maximum absolute atomic E-state index is 11.7. The lowest BCUT2D eigenvalue weighted by atomic mass is 9.86. The minimum absolute atomic E-state index is 0.319. The number of epoxide rings is 1. The minimum atomic E-state index is -0.859. The summed E-state index contributed by atoms with van der Waals surface area (Å²) in [6.07, 6.45) is 0. The Labute approximate surface area is 102 Å². The minimum Gasteiger partial charge on any atom is -0.467 e. The van der Waals surface area contributed by atoms with Crippen LogP contribution in [0.4, 0.5) is 0 Å². The van der Waals surface area contributed by atoms with E-state index in [1.807, 2.05) is 32.9 Å². The van der Waals surface area contributed by atoms with Crippen molar-refractivity contribution in [3.05, 3.63) is 34.9 Å². The predicted molar refractivity (Wildman–Crippen MR) is 64.8 cm³/mol. The number of rotatable bonds is 2. The topological polar surface area (TPSA) is 38.8 Å². The fourth-order valence-electron chi connectivity index (χ4n) is 2.47. The molecule has 1 heterocycles. The average Bonchev–Trinajstić information content (AvgIpc) is 2.82. The van der Waals surface area contributed by atoms with Crippen LogP contribution in [0.1, 0.15) is 30.5 Å². The third-order valence-corrected chi connectivity index (χ3v) is 3.75. The predicted octanol–water partition coefficient (Wildman–Crippen LogP) is 2.48. The lowest BCUT2D eigenvalue weighted by Gasteiger charge is -2.14. The molecule has 1 aliphatic rings. The SMILES string of the molecule is COC(=O)C1(C)OC1(C)c1ccc(C)cc1C. The van der Waals surface area contributed by atoms with E-state index < -0.39 is 11.2 Å². The molecule has 0 spiro atoms. The van der Waals surface area contributed by atoms with Gasteiger partial charge in [0.05, 0.1) is 7.11 Å². The maximum Gasteiger partial charge on any atom is 0.341 e. The first-order valence-corrected chi connectivity index (χ1v) is 5.71. The van der Waals surface area contributed by atoms with Gasteiger partial charge in [0.2, 0.25) is 0 Å². The zero-order chi connectivity index (χ0) is 12.8. The first kappa shape index (κ1) is 12.1. The molecule has 1 saturated heterocycles. The second-order valence-electron chi connectivity index (χ2n) is 4.98. The van der Waals surface area contributed by atoms with Gasteiger partial charge in [-0.1, -0.05) is 23.8 Å². The van der Waals surface area contributed by atoms with Gasteiger partial charge in [0, 0.05) is 0 Å². The van der Waals surface area contributed by atoms with Crippen molar-refractivity contribution in [3.63, 3.8) is 0 Å². The molecule has 1 aliphatic heterocycles. The van der Waals surface area contributed by atoms with E-state index in [1.165, 1.54) is 12.7 Å². The van der Waals surface area contributed by atoms with Crippen molar-refractivity contribution in [2.75, 3.05) is 7.11 Å². The zero-order valence-corrected chi connectivity index (χ0v) is 11.0. The highest BCUT2D eigenvalue weighted by Gasteiger charge is 2.70. The van der Waals surface area contributed by atoms with Crippen LogP contribution in [0.15, 0.2) is 18.2 Å². The van der Waals surface area contributed by atoms with E-state index in [2.05, 4.69) is 6.07 Å². The normalized spacial score (nSPS) is 31.1. The summed E-state index contributed by atoms with van der Waals surface area (Å²) in [5, 5.41) is 0. The van der Waals surface area contributed by atoms with E-state index in [1.54, 1.807) is 6.92 Å². The Balaban J connectivity index is 2.40. The monoisotopic (exact) mass is 234 g/mol. The Morgan fingerprint density at radius 1 is 1.29 bits per heavy atom. The molecular weight excluding hydrogens is 216 g/mol. The molecule has 0 saturated carbocycles. The fourth-order valence-corrected chi connectivity index (χ4v) is 2.47. The number of esters is 1. The fraction of sp³-hybridized carbons (Fsp3) is 0.500. The van der Waals surface area contributed by atoms with Crippen LogP contribution in [-0.4, -0.2) is 18.7 Å². The van der Waals surface area contributed by atoms with Crippen LogP contribution in [0.5, 0.6) is 0 Å². The standard InChI is InChI=1S/C14H18O3/c1-9-6-7-11(10(2)8-9)13(3)14(4,17-13)12(15)16-5/h6-8H,1-5H3. The van der Waals surface area contributed by atoms with Crippen molar-refractivity contribution in [1.82, 2.24) is 0 Å². The molecule has 0 N–H and O–H groups in total. The molecule has 0 aliphatic carbocycles. The van der Waals surface area contributed by atoms with Gasteiger partial charge in [-0.15, -0.1) is 0 Å². The van der Waals surface area contributed by atoms with Gasteiger partial charge in [0.1, 0.15) is 5.60 Å². The van der Waals surface area contributed by atoms with E-state index >= 15 is 0 Å². The Morgan fingerprint density at radius 3 is 2.47 bits per heavy atom. The molecule has 3 heteroatoms. The number of carbonyl (C=O) groups excluding carboxylic acids is 1. The molecule has 2 rings (SSSR count). The summed E-state index contributed by atoms with van der Waals surface area (Å²) in [5.74, 6) is -0.319. The quantitative estimate of drug-likeness (QED) is 0.583. The zero-order valence-electron chi connectivity index (χ0n) is 11.0. The van der Waals surface area contributed by atoms with Crippen LogP contribution in [0.25, 0.3) is 0 Å². The second-order valence-corrected chi connectivity index (χ2v) is 4.98. The van der Waals surface area contributed by atoms with Crippen molar-refractivity contribution in [2.45, 2.75) is 38.9 Å². The molecule has 1 fully saturated rings. The number of benzene rings is 1. The van der Waals surface area contributed by atoms with Gasteiger partial charge in [-0.05, 0) is 38.8 Å². The molecule has 3 nitrogen and oxygen atoms in total. The summed E-state index contributed by atoms with van der Waals surface area (Å²) in [6, 6.07) is 6.16. The lowest BCUT2D eigenvalue weighted by molar-refractivity contribution is -0.146. The highest BCUT2D eigenvalue weighted by Crippen LogP contribution is 2.56. The highest BCUT2D eigenvalue weighted by atomic mass is 16.7. The van der Waals surface area contributed by atoms with Gasteiger partial charge in [0.15, 0.2) is 5.60 Å². The van der Waals surface area contributed by atoms with Crippen LogP contribution in [0.2, 0.25) is 0 Å². The maximum atomic E-state index is 11.7. The molecule has 2 unspecified atom stereocenters. The van der Waals surface area contributed by atoms with E-state index in [9.17, 15) is 4.79 Å². The van der Waals surface area contributed by atoms with Crippen molar-refractivity contribution in [3.8, 4) is 0 Å². The summed E-state index contributed by atoms with van der Waals surface area (Å²) in [6.45, 7) is 7.79. The Kier molecular flexibility index (Phi) is 2.54. The molecular formula is C14H18O3. The Hall–Kier alpha value is -1.35. The third-order valence-electron chi connectivity index (χ3n) is 3.75. The summed E-state index contributed by atoms with van der Waals surface area (Å²) in [5.41, 5.74) is 1.96. The number of hydrogen-bond donors (Lipinski definition) is 0. The van der Waals surface area contributed by atoms with Gasteiger partial charge < -0.3 is 9.47 Å². The van der Waals surface area contributed by atoms with Crippen molar-refractivity contribution < 1.29 is 14.3 Å². The smallest absolute Gasteiger partial charge is 0.341 e. The van der Waals surface area contributed by atoms with Crippen LogP contribution in [0, 0.1) is 13.8 Å². The van der Waals surface area contributed by atoms with Crippen LogP contribution >= 0.6 is 0 Å². The van der Waals surface area contributed by atoms with Crippen LogP contribution in [0.3, 0.4) is 0 Å². The Morgan fingerprint density at radius 2 is 1.94 bits per heavy atom. The highest BCUT2D eigenvalue weighted by molar-refractivity contribution is 5.84. The van der Waals surface area contributed by atoms with Gasteiger partial charge in [-0.2, -0.15) is 0 Å². The number of hydrogen-bond acceptors (Lipinski definition) is 3. The van der Waals surface area contributed by atoms with Crippen LogP contribution < -0.4 is 0 Å². The molecule has 0 amide bonds. The summed E-state index contributed by atoms with van der Waals surface area (Å²) in [7, 11) is 1.39.